The number of hydrogen-bond acceptors (Lipinski definition) is 19. The first-order valence-corrected chi connectivity index (χ1v) is 36.4. The van der Waals surface area contributed by atoms with Gasteiger partial charge in [0.05, 0.1) is 59.2 Å². The third-order valence-corrected chi connectivity index (χ3v) is 20.4. The van der Waals surface area contributed by atoms with Gasteiger partial charge in [-0.05, 0) is 193 Å². The van der Waals surface area contributed by atoms with E-state index in [1.807, 2.05) is 78.4 Å². The molecular weight excluding hydrogens is 1390 g/mol. The van der Waals surface area contributed by atoms with E-state index < -0.39 is 24.7 Å². The zero-order valence-corrected chi connectivity index (χ0v) is 61.0. The maximum atomic E-state index is 14.2. The van der Waals surface area contributed by atoms with Gasteiger partial charge >= 0.3 is 18.4 Å². The van der Waals surface area contributed by atoms with Crippen molar-refractivity contribution >= 4 is 137 Å². The molecule has 26 nitrogen and oxygen atoms in total. The number of aromatic nitrogens is 2. The van der Waals surface area contributed by atoms with Crippen LogP contribution in [-0.2, 0) is 57.1 Å². The third kappa shape index (κ3) is 19.3. The lowest BCUT2D eigenvalue weighted by molar-refractivity contribution is -0.198. The lowest BCUT2D eigenvalue weighted by atomic mass is 10.00. The molecule has 0 radical (unpaired) electrons. The zero-order chi connectivity index (χ0) is 74.8. The van der Waals surface area contributed by atoms with Crippen molar-refractivity contribution in [1.29, 1.82) is 0 Å². The van der Waals surface area contributed by atoms with Gasteiger partial charge in [0, 0.05) is 108 Å². The van der Waals surface area contributed by atoms with Gasteiger partial charge in [-0.3, -0.25) is 33.8 Å². The highest BCUT2D eigenvalue weighted by Gasteiger charge is 2.47. The number of aliphatic imine (C=N–C) groups is 1. The summed E-state index contributed by atoms with van der Waals surface area (Å²) in [6, 6.07) is 26.0. The number of ether oxygens (including phenoxy) is 5. The first kappa shape index (κ1) is 76.8. The van der Waals surface area contributed by atoms with Crippen LogP contribution >= 0.6 is 22.7 Å². The van der Waals surface area contributed by atoms with Gasteiger partial charge in [-0.1, -0.05) is 12.7 Å². The second-order valence-electron chi connectivity index (χ2n) is 26.0. The van der Waals surface area contributed by atoms with E-state index in [2.05, 4.69) is 58.8 Å². The van der Waals surface area contributed by atoms with Crippen molar-refractivity contribution in [3.63, 3.8) is 0 Å². The summed E-state index contributed by atoms with van der Waals surface area (Å²) in [5.74, 6) is 0.0602. The van der Waals surface area contributed by atoms with Crippen LogP contribution in [0.5, 0.6) is 11.5 Å². The minimum atomic E-state index is -0.843. The van der Waals surface area contributed by atoms with Crippen LogP contribution in [0.4, 0.5) is 38.9 Å². The Morgan fingerprint density at radius 1 is 0.619 bits per heavy atom. The van der Waals surface area contributed by atoms with Crippen molar-refractivity contribution in [1.82, 2.24) is 18.9 Å². The molecule has 105 heavy (non-hydrogen) atoms. The number of carbonyl (C=O) groups is 7. The summed E-state index contributed by atoms with van der Waals surface area (Å²) in [5, 5.41) is 13.8. The van der Waals surface area contributed by atoms with Crippen molar-refractivity contribution < 1.29 is 76.4 Å². The van der Waals surface area contributed by atoms with E-state index in [0.29, 0.717) is 113 Å². The Hall–Kier alpha value is -10.9. The Morgan fingerprint density at radius 2 is 1.14 bits per heavy atom. The lowest BCUT2D eigenvalue weighted by Gasteiger charge is -2.42. The fourth-order valence-electron chi connectivity index (χ4n) is 13.4. The number of anilines is 5. The highest BCUT2D eigenvalue weighted by Crippen LogP contribution is 2.41. The van der Waals surface area contributed by atoms with Gasteiger partial charge < -0.3 is 63.9 Å². The van der Waals surface area contributed by atoms with Crippen LogP contribution in [0.3, 0.4) is 0 Å². The highest BCUT2D eigenvalue weighted by atomic mass is 32.1. The van der Waals surface area contributed by atoms with Crippen LogP contribution in [-0.4, -0.2) is 143 Å². The molecule has 4 N–H and O–H groups in total. The second kappa shape index (κ2) is 36.0. The summed E-state index contributed by atoms with van der Waals surface area (Å²) in [5.41, 5.74) is 6.84. The molecule has 4 atom stereocenters. The smallest absolute Gasteiger partial charge is 0.416 e. The minimum absolute atomic E-state index is 0.0132. The molecular formula is C77H84N10O16S2. The molecule has 28 heteroatoms. The van der Waals surface area contributed by atoms with Gasteiger partial charge in [-0.15, -0.1) is 22.7 Å². The average molecular weight is 1470 g/mol. The number of nitrogens with one attached hydrogen (secondary N) is 4. The van der Waals surface area contributed by atoms with Crippen LogP contribution in [0.1, 0.15) is 146 Å². The number of piperidine rings is 2. The molecule has 4 aromatic carbocycles. The molecule has 0 bridgehead atoms. The fourth-order valence-corrected chi connectivity index (χ4v) is 15.2. The SMILES string of the molecule is C=CCOC(=O)N1c2cc(OCCCC(=O)Nc3cc(C(=O)Nc4ccc5sc(C)cc5c4)n(C)c3)c(C)cc2C(=O)N2CCCC[C@H]2C1OC1CCCCO1.Cc1cc2cc(NC(=O)c3cc(NC(=O)CCCOc4cc5c(cc4C)C(=O)N4CCCC[C@H]4C=N5)cn3C)ccc2s1.O=C=O.O=C=O. The van der Waals surface area contributed by atoms with E-state index in [4.69, 9.17) is 42.9 Å². The van der Waals surface area contributed by atoms with Crippen molar-refractivity contribution in [3.05, 3.63) is 153 Å². The molecule has 8 aromatic rings. The number of rotatable bonds is 20. The maximum Gasteiger partial charge on any atom is 0.416 e. The predicted molar refractivity (Wildman–Crippen MR) is 397 cm³/mol. The molecule has 5 aliphatic heterocycles. The Bertz CT molecular complexity index is 4640. The Balaban J connectivity index is 0.000000215. The summed E-state index contributed by atoms with van der Waals surface area (Å²) < 4.78 is 36.0. The largest absolute Gasteiger partial charge is 0.493 e. The number of amides is 7. The Morgan fingerprint density at radius 3 is 1.70 bits per heavy atom. The maximum absolute atomic E-state index is 14.2. The molecule has 3 fully saturated rings. The molecule has 0 saturated carbocycles. The average Bonchev–Trinajstić information content (AvgIpc) is 1.67. The van der Waals surface area contributed by atoms with Gasteiger partial charge in [0.15, 0.2) is 12.5 Å². The van der Waals surface area contributed by atoms with Gasteiger partial charge in [-0.2, -0.15) is 19.2 Å². The van der Waals surface area contributed by atoms with E-state index in [1.165, 1.54) is 25.4 Å². The van der Waals surface area contributed by atoms with Crippen molar-refractivity contribution in [2.75, 3.05) is 65.7 Å². The van der Waals surface area contributed by atoms with Gasteiger partial charge in [-0.25, -0.2) is 9.69 Å². The molecule has 3 saturated heterocycles. The number of aryl methyl sites for hydroxylation is 6. The summed E-state index contributed by atoms with van der Waals surface area (Å²) in [6.07, 6.45) is 14.6. The predicted octanol–water partition coefficient (Wildman–Crippen LogP) is 13.4. The minimum Gasteiger partial charge on any atom is -0.493 e. The topological polar surface area (TPSA) is 314 Å². The Kier molecular flexibility index (Phi) is 26.3. The van der Waals surface area contributed by atoms with Crippen molar-refractivity contribution in [2.45, 2.75) is 136 Å². The Labute approximate surface area is 614 Å². The van der Waals surface area contributed by atoms with E-state index in [1.54, 1.807) is 82.6 Å². The molecule has 7 amide bonds. The van der Waals surface area contributed by atoms with Crippen molar-refractivity contribution in [3.8, 4) is 11.5 Å². The zero-order valence-electron chi connectivity index (χ0n) is 59.4. The lowest BCUT2D eigenvalue weighted by Crippen LogP contribution is -2.57. The number of hydrogen-bond donors (Lipinski definition) is 4. The monoisotopic (exact) mass is 1470 g/mol. The molecule has 9 heterocycles. The molecule has 4 aromatic heterocycles. The van der Waals surface area contributed by atoms with Crippen LogP contribution in [0.15, 0.2) is 115 Å². The summed E-state index contributed by atoms with van der Waals surface area (Å²) in [6.45, 7) is 14.0. The van der Waals surface area contributed by atoms with Crippen molar-refractivity contribution in [2.24, 2.45) is 19.1 Å². The van der Waals surface area contributed by atoms with Gasteiger partial charge in [0.25, 0.3) is 23.6 Å². The standard InChI is InChI=1S/C42H49N5O8S.C33H35N5O4S.2CO2/c1-5-17-54-42(51)47-33-24-35(26(2)20-31(33)40(50)46-16-8-6-11-32(46)41(47)55-38-13-7-9-18-53-38)52-19-10-12-37(48)43-30-23-34(45(4)25-30)39(49)44-29-14-15-36-28(22-29)21-27(3)56-36;1-20-13-26-27(34-18-25-7-4-5-11-38(25)33(26)41)17-29(20)42-12-6-8-31(39)35-24-16-28(37(3)19-24)32(40)36-23-9-10-30-22(15-23)14-21(2)43-30;2*2-1-3/h5,14-15,20-25,32,38,41H,1,6-13,16-19H2,2-4H3,(H,43,48)(H,44,49);9-10,13-19,25H,4-8,11-12H2,1-3H3,(H,35,39)(H,36,40);;/t32-,38?,41?;25-;;/m00../s1. The second-order valence-corrected chi connectivity index (χ2v) is 28.5. The summed E-state index contributed by atoms with van der Waals surface area (Å²) in [7, 11) is 3.53. The number of thiophene rings is 2. The number of benzene rings is 4. The number of carbonyl (C=O) groups excluding carboxylic acids is 11. The molecule has 2 unspecified atom stereocenters. The molecule has 5 aliphatic rings. The van der Waals surface area contributed by atoms with Crippen LogP contribution < -0.4 is 35.6 Å². The summed E-state index contributed by atoms with van der Waals surface area (Å²) >= 11 is 3.43. The van der Waals surface area contributed by atoms with Crippen LogP contribution in [0, 0.1) is 27.7 Å². The normalized spacial score (nSPS) is 17.1. The quantitative estimate of drug-likeness (QED) is 0.0407. The molecule has 0 aliphatic carbocycles. The fraction of sp³-hybridized carbons (Fsp3) is 0.377. The van der Waals surface area contributed by atoms with E-state index in [0.717, 1.165) is 78.2 Å². The summed E-state index contributed by atoms with van der Waals surface area (Å²) in [4.78, 5) is 138. The molecule has 0 spiro atoms. The molecule has 550 valence electrons. The first-order valence-electron chi connectivity index (χ1n) is 34.8. The highest BCUT2D eigenvalue weighted by molar-refractivity contribution is 7.19. The van der Waals surface area contributed by atoms with Gasteiger partial charge in [0.2, 0.25) is 11.8 Å². The van der Waals surface area contributed by atoms with Crippen LogP contribution in [0.25, 0.3) is 20.2 Å². The number of nitrogens with zero attached hydrogens (tertiary/aromatic N) is 6. The first-order chi connectivity index (χ1) is 50.7. The third-order valence-electron chi connectivity index (χ3n) is 18.3. The number of fused-ring (bicyclic) bond motifs is 6. The van der Waals surface area contributed by atoms with Crippen LogP contribution in [0.2, 0.25) is 0 Å². The van der Waals surface area contributed by atoms with Gasteiger partial charge in [0.1, 0.15) is 29.5 Å². The van der Waals surface area contributed by atoms with E-state index >= 15 is 0 Å². The van der Waals surface area contributed by atoms with E-state index in [9.17, 15) is 33.6 Å². The molecule has 13 rings (SSSR count). The van der Waals surface area contributed by atoms with E-state index in [-0.39, 0.29) is 79.8 Å².